The first-order valence-electron chi connectivity index (χ1n) is 7.54. The molecule has 7 heteroatoms. The summed E-state index contributed by atoms with van der Waals surface area (Å²) in [5.41, 5.74) is 0.343. The van der Waals surface area contributed by atoms with Gasteiger partial charge in [0.1, 0.15) is 11.6 Å². The highest BCUT2D eigenvalue weighted by molar-refractivity contribution is 6.44. The van der Waals surface area contributed by atoms with Crippen LogP contribution in [0.3, 0.4) is 0 Å². The van der Waals surface area contributed by atoms with Crippen LogP contribution in [0.2, 0.25) is 0 Å². The van der Waals surface area contributed by atoms with E-state index in [0.29, 0.717) is 11.3 Å². The number of nitrogens with zero attached hydrogens (tertiary/aromatic N) is 2. The molecule has 1 saturated heterocycles. The van der Waals surface area contributed by atoms with E-state index in [-0.39, 0.29) is 12.6 Å². The van der Waals surface area contributed by atoms with Crippen LogP contribution < -0.4 is 4.74 Å². The number of hydrogen-bond donors (Lipinski definition) is 0. The van der Waals surface area contributed by atoms with Gasteiger partial charge in [0.05, 0.1) is 13.7 Å². The van der Waals surface area contributed by atoms with Crippen LogP contribution >= 0.6 is 0 Å². The third-order valence-corrected chi connectivity index (χ3v) is 4.34. The molecule has 3 rings (SSSR count). The highest BCUT2D eigenvalue weighted by Gasteiger charge is 2.48. The fourth-order valence-electron chi connectivity index (χ4n) is 3.19. The van der Waals surface area contributed by atoms with Gasteiger partial charge in [-0.1, -0.05) is 12.8 Å². The fourth-order valence-corrected chi connectivity index (χ4v) is 3.19. The predicted octanol–water partition coefficient (Wildman–Crippen LogP) is 2.07. The smallest absolute Gasteiger partial charge is 0.334 e. The van der Waals surface area contributed by atoms with E-state index < -0.39 is 23.7 Å². The molecular formula is C16H17FN2O4. The molecule has 0 unspecified atom stereocenters. The lowest BCUT2D eigenvalue weighted by Crippen LogP contribution is -2.39. The third-order valence-electron chi connectivity index (χ3n) is 4.34. The first-order chi connectivity index (χ1) is 11.0. The summed E-state index contributed by atoms with van der Waals surface area (Å²) in [7, 11) is 1.42. The number of imide groups is 2. The standard InChI is InChI=1S/C16H17FN2O4/c1-23-13-7-6-11(17)8-10(13)9-18-14(20)15(21)19(16(18)22)12-4-2-3-5-12/h6-8,12H,2-5,9H2,1H3. The Kier molecular flexibility index (Phi) is 4.02. The van der Waals surface area contributed by atoms with Crippen molar-refractivity contribution in [2.45, 2.75) is 38.3 Å². The van der Waals surface area contributed by atoms with E-state index in [2.05, 4.69) is 0 Å². The molecule has 0 radical (unpaired) electrons. The van der Waals surface area contributed by atoms with Crippen molar-refractivity contribution in [3.05, 3.63) is 29.6 Å². The van der Waals surface area contributed by atoms with E-state index in [9.17, 15) is 18.8 Å². The molecule has 2 fully saturated rings. The summed E-state index contributed by atoms with van der Waals surface area (Å²) in [4.78, 5) is 38.7. The van der Waals surface area contributed by atoms with Crippen molar-refractivity contribution in [2.24, 2.45) is 0 Å². The molecule has 6 nitrogen and oxygen atoms in total. The number of amides is 4. The quantitative estimate of drug-likeness (QED) is 0.629. The van der Waals surface area contributed by atoms with Crippen molar-refractivity contribution in [2.75, 3.05) is 7.11 Å². The summed E-state index contributed by atoms with van der Waals surface area (Å²) in [5.74, 6) is -1.80. The number of carbonyl (C=O) groups is 3. The molecule has 1 saturated carbocycles. The number of benzene rings is 1. The van der Waals surface area contributed by atoms with Crippen LogP contribution in [0.4, 0.5) is 9.18 Å². The van der Waals surface area contributed by atoms with E-state index in [1.807, 2.05) is 0 Å². The Morgan fingerprint density at radius 3 is 2.52 bits per heavy atom. The Balaban J connectivity index is 1.86. The molecule has 1 aromatic carbocycles. The Hall–Kier alpha value is -2.44. The van der Waals surface area contributed by atoms with Gasteiger partial charge in [0.2, 0.25) is 0 Å². The lowest BCUT2D eigenvalue weighted by molar-refractivity contribution is -0.144. The topological polar surface area (TPSA) is 66.9 Å². The molecule has 0 N–H and O–H groups in total. The van der Waals surface area contributed by atoms with Crippen LogP contribution in [0.15, 0.2) is 18.2 Å². The Morgan fingerprint density at radius 1 is 1.17 bits per heavy atom. The highest BCUT2D eigenvalue weighted by Crippen LogP contribution is 2.29. The number of rotatable bonds is 4. The van der Waals surface area contributed by atoms with Gasteiger partial charge in [-0.15, -0.1) is 0 Å². The lowest BCUT2D eigenvalue weighted by atomic mass is 10.2. The van der Waals surface area contributed by atoms with E-state index in [0.717, 1.165) is 35.5 Å². The maximum atomic E-state index is 13.4. The van der Waals surface area contributed by atoms with Crippen molar-refractivity contribution in [1.29, 1.82) is 0 Å². The summed E-state index contributed by atoms with van der Waals surface area (Å²) in [5, 5.41) is 0. The van der Waals surface area contributed by atoms with Gasteiger partial charge >= 0.3 is 17.8 Å². The minimum atomic E-state index is -0.867. The third kappa shape index (κ3) is 2.67. The molecule has 1 aromatic rings. The second kappa shape index (κ2) is 5.98. The molecule has 1 aliphatic carbocycles. The van der Waals surface area contributed by atoms with Crippen LogP contribution in [0.25, 0.3) is 0 Å². The van der Waals surface area contributed by atoms with E-state index in [1.165, 1.54) is 25.3 Å². The maximum absolute atomic E-state index is 13.4. The molecule has 0 spiro atoms. The van der Waals surface area contributed by atoms with Gasteiger partial charge in [0.15, 0.2) is 0 Å². The van der Waals surface area contributed by atoms with Crippen LogP contribution in [0, 0.1) is 5.82 Å². The van der Waals surface area contributed by atoms with Crippen LogP contribution in [0.5, 0.6) is 5.75 Å². The zero-order valence-electron chi connectivity index (χ0n) is 12.8. The SMILES string of the molecule is COc1ccc(F)cc1CN1C(=O)C(=O)N(C2CCCC2)C1=O. The Labute approximate surface area is 132 Å². The molecule has 4 amide bonds. The lowest BCUT2D eigenvalue weighted by Gasteiger charge is -2.21. The molecule has 0 aromatic heterocycles. The molecule has 0 atom stereocenters. The Morgan fingerprint density at radius 2 is 1.87 bits per heavy atom. The molecule has 2 aliphatic rings. The number of methoxy groups -OCH3 is 1. The molecular weight excluding hydrogens is 303 g/mol. The molecule has 122 valence electrons. The van der Waals surface area contributed by atoms with E-state index in [4.69, 9.17) is 4.74 Å². The zero-order valence-corrected chi connectivity index (χ0v) is 12.8. The highest BCUT2D eigenvalue weighted by atomic mass is 19.1. The first kappa shape index (κ1) is 15.5. The van der Waals surface area contributed by atoms with E-state index >= 15 is 0 Å². The van der Waals surface area contributed by atoms with Crippen LogP contribution in [0.1, 0.15) is 31.2 Å². The zero-order chi connectivity index (χ0) is 16.6. The molecule has 1 aliphatic heterocycles. The number of ether oxygens (including phenoxy) is 1. The van der Waals surface area contributed by atoms with Gasteiger partial charge in [0, 0.05) is 11.6 Å². The summed E-state index contributed by atoms with van der Waals surface area (Å²) in [6, 6.07) is 3.01. The predicted molar refractivity (Wildman–Crippen MR) is 78.0 cm³/mol. The molecule has 0 bridgehead atoms. The minimum absolute atomic E-state index is 0.187. The normalized spacial score (nSPS) is 19.1. The van der Waals surface area contributed by atoms with Crippen molar-refractivity contribution in [3.8, 4) is 5.75 Å². The summed E-state index contributed by atoms with van der Waals surface area (Å²) >= 11 is 0. The average molecular weight is 320 g/mol. The van der Waals surface area contributed by atoms with Crippen LogP contribution in [-0.4, -0.2) is 40.8 Å². The van der Waals surface area contributed by atoms with Crippen molar-refractivity contribution < 1.29 is 23.5 Å². The molecule has 23 heavy (non-hydrogen) atoms. The summed E-state index contributed by atoms with van der Waals surface area (Å²) in [6.07, 6.45) is 3.32. The van der Waals surface area contributed by atoms with Crippen molar-refractivity contribution in [3.63, 3.8) is 0 Å². The van der Waals surface area contributed by atoms with Gasteiger partial charge in [0.25, 0.3) is 0 Å². The van der Waals surface area contributed by atoms with Gasteiger partial charge in [-0.05, 0) is 31.0 Å². The molecule has 1 heterocycles. The second-order valence-electron chi connectivity index (χ2n) is 5.74. The summed E-state index contributed by atoms with van der Waals surface area (Å²) < 4.78 is 18.5. The van der Waals surface area contributed by atoms with Gasteiger partial charge in [-0.3, -0.25) is 19.4 Å². The van der Waals surface area contributed by atoms with Crippen molar-refractivity contribution >= 4 is 17.8 Å². The van der Waals surface area contributed by atoms with Gasteiger partial charge in [-0.25, -0.2) is 9.18 Å². The van der Waals surface area contributed by atoms with Crippen molar-refractivity contribution in [1.82, 2.24) is 9.80 Å². The maximum Gasteiger partial charge on any atom is 0.334 e. The minimum Gasteiger partial charge on any atom is -0.496 e. The monoisotopic (exact) mass is 320 g/mol. The number of halogens is 1. The largest absolute Gasteiger partial charge is 0.496 e. The second-order valence-corrected chi connectivity index (χ2v) is 5.74. The first-order valence-corrected chi connectivity index (χ1v) is 7.54. The van der Waals surface area contributed by atoms with Gasteiger partial charge < -0.3 is 4.74 Å². The van der Waals surface area contributed by atoms with Gasteiger partial charge in [-0.2, -0.15) is 0 Å². The summed E-state index contributed by atoms with van der Waals surface area (Å²) in [6.45, 7) is -0.187. The average Bonchev–Trinajstić information content (AvgIpc) is 3.11. The number of carbonyl (C=O) groups excluding carboxylic acids is 3. The van der Waals surface area contributed by atoms with E-state index in [1.54, 1.807) is 0 Å². The fraction of sp³-hybridized carbons (Fsp3) is 0.438. The number of urea groups is 1. The van der Waals surface area contributed by atoms with Crippen LogP contribution in [-0.2, 0) is 16.1 Å². The number of hydrogen-bond acceptors (Lipinski definition) is 4. The Bertz CT molecular complexity index is 670.